The molecule has 0 radical (unpaired) electrons. The Morgan fingerprint density at radius 1 is 1.34 bits per heavy atom. The summed E-state index contributed by atoms with van der Waals surface area (Å²) in [5.41, 5.74) is 3.19. The van der Waals surface area contributed by atoms with Gasteiger partial charge in [-0.05, 0) is 54.3 Å². The highest BCUT2D eigenvalue weighted by molar-refractivity contribution is 7.17. The number of likely N-dealkylation sites (tertiary alicyclic amines) is 1. The van der Waals surface area contributed by atoms with E-state index in [4.69, 9.17) is 0 Å². The fourth-order valence-electron chi connectivity index (χ4n) is 3.99. The quantitative estimate of drug-likeness (QED) is 0.551. The summed E-state index contributed by atoms with van der Waals surface area (Å²) in [5, 5.41) is 10.7. The summed E-state index contributed by atoms with van der Waals surface area (Å²) in [6, 6.07) is 10.2. The van der Waals surface area contributed by atoms with Crippen molar-refractivity contribution in [2.45, 2.75) is 32.2 Å². The zero-order valence-corrected chi connectivity index (χ0v) is 16.9. The summed E-state index contributed by atoms with van der Waals surface area (Å²) < 4.78 is 1.23. The fraction of sp³-hybridized carbons (Fsp3) is 0.273. The maximum Gasteiger partial charge on any atom is 0.227 e. The largest absolute Gasteiger partial charge is 0.332 e. The molecule has 29 heavy (non-hydrogen) atoms. The van der Waals surface area contributed by atoms with Gasteiger partial charge >= 0.3 is 0 Å². The number of nitrogens with one attached hydrogen (secondary N) is 1. The lowest BCUT2D eigenvalue weighted by Crippen LogP contribution is -2.32. The second kappa shape index (κ2) is 7.40. The number of aryl methyl sites for hydroxylation is 1. The summed E-state index contributed by atoms with van der Waals surface area (Å²) in [5.74, 6) is 1.51. The monoisotopic (exact) mass is 403 g/mol. The molecule has 4 heterocycles. The van der Waals surface area contributed by atoms with Crippen LogP contribution in [0.1, 0.15) is 35.8 Å². The van der Waals surface area contributed by atoms with Crippen molar-refractivity contribution in [2.24, 2.45) is 0 Å². The van der Waals surface area contributed by atoms with Crippen LogP contribution in [0.15, 0.2) is 48.1 Å². The number of benzene rings is 1. The molecule has 1 fully saturated rings. The smallest absolute Gasteiger partial charge is 0.227 e. The Kier molecular flexibility index (Phi) is 4.60. The number of fused-ring (bicyclic) bond motifs is 1. The third-order valence-electron chi connectivity index (χ3n) is 5.46. The average Bonchev–Trinajstić information content (AvgIpc) is 3.48. The molecule has 0 aliphatic carbocycles. The van der Waals surface area contributed by atoms with E-state index in [1.807, 2.05) is 17.0 Å². The van der Waals surface area contributed by atoms with Gasteiger partial charge < -0.3 is 4.90 Å². The number of hydrogen-bond acceptors (Lipinski definition) is 5. The maximum atomic E-state index is 13.2. The molecule has 1 aliphatic heterocycles. The van der Waals surface area contributed by atoms with Crippen LogP contribution in [0.3, 0.4) is 0 Å². The zero-order valence-electron chi connectivity index (χ0n) is 16.1. The van der Waals surface area contributed by atoms with Crippen molar-refractivity contribution in [3.63, 3.8) is 0 Å². The number of aromatic nitrogens is 4. The van der Waals surface area contributed by atoms with Gasteiger partial charge in [0.15, 0.2) is 5.82 Å². The minimum Gasteiger partial charge on any atom is -0.332 e. The number of pyridine rings is 1. The van der Waals surface area contributed by atoms with E-state index < -0.39 is 0 Å². The van der Waals surface area contributed by atoms with E-state index in [-0.39, 0.29) is 11.9 Å². The zero-order chi connectivity index (χ0) is 19.8. The number of amides is 1. The van der Waals surface area contributed by atoms with Gasteiger partial charge in [-0.25, -0.2) is 4.98 Å². The molecule has 146 valence electrons. The molecule has 1 atom stereocenters. The minimum absolute atomic E-state index is 0.0490. The topological polar surface area (TPSA) is 74.8 Å². The Hall–Kier alpha value is -3.06. The van der Waals surface area contributed by atoms with Crippen LogP contribution in [0.2, 0.25) is 0 Å². The number of rotatable bonds is 4. The molecule has 6 nitrogen and oxygen atoms in total. The number of thiophene rings is 1. The highest BCUT2D eigenvalue weighted by atomic mass is 32.1. The van der Waals surface area contributed by atoms with Gasteiger partial charge in [-0.15, -0.1) is 11.3 Å². The van der Waals surface area contributed by atoms with Crippen LogP contribution in [-0.4, -0.2) is 37.5 Å². The second-order valence-corrected chi connectivity index (χ2v) is 8.38. The van der Waals surface area contributed by atoms with Crippen molar-refractivity contribution in [3.8, 4) is 11.4 Å². The lowest BCUT2D eigenvalue weighted by Gasteiger charge is -2.23. The number of carbonyl (C=O) groups is 1. The average molecular weight is 404 g/mol. The van der Waals surface area contributed by atoms with Gasteiger partial charge in [-0.1, -0.05) is 17.7 Å². The molecule has 4 aromatic rings. The van der Waals surface area contributed by atoms with E-state index in [0.29, 0.717) is 12.2 Å². The van der Waals surface area contributed by atoms with Crippen LogP contribution >= 0.6 is 11.3 Å². The lowest BCUT2D eigenvalue weighted by atomic mass is 10.1. The summed E-state index contributed by atoms with van der Waals surface area (Å²) in [4.78, 5) is 23.9. The number of aromatic amines is 1. The molecule has 1 unspecified atom stereocenters. The Morgan fingerprint density at radius 3 is 3.14 bits per heavy atom. The molecule has 1 amide bonds. The predicted octanol–water partition coefficient (Wildman–Crippen LogP) is 4.30. The number of nitrogens with zero attached hydrogens (tertiary/aromatic N) is 4. The number of carbonyl (C=O) groups excluding carboxylic acids is 1. The minimum atomic E-state index is -0.0490. The Labute approximate surface area is 172 Å². The highest BCUT2D eigenvalue weighted by Crippen LogP contribution is 2.33. The van der Waals surface area contributed by atoms with Crippen molar-refractivity contribution >= 4 is 27.3 Å². The Morgan fingerprint density at radius 2 is 2.28 bits per heavy atom. The first-order valence-electron chi connectivity index (χ1n) is 9.78. The van der Waals surface area contributed by atoms with E-state index in [1.54, 1.807) is 23.7 Å². The second-order valence-electron chi connectivity index (χ2n) is 7.47. The van der Waals surface area contributed by atoms with Gasteiger partial charge in [0.25, 0.3) is 0 Å². The molecular formula is C22H21N5OS. The van der Waals surface area contributed by atoms with Crippen molar-refractivity contribution in [1.29, 1.82) is 0 Å². The summed E-state index contributed by atoms with van der Waals surface area (Å²) >= 11 is 1.70. The number of H-pyrrole nitrogens is 1. The first kappa shape index (κ1) is 18.0. The molecule has 1 saturated heterocycles. The molecule has 5 rings (SSSR count). The first-order chi connectivity index (χ1) is 14.2. The molecule has 0 bridgehead atoms. The molecule has 1 aliphatic rings. The maximum absolute atomic E-state index is 13.2. The van der Waals surface area contributed by atoms with Crippen LogP contribution < -0.4 is 0 Å². The lowest BCUT2D eigenvalue weighted by molar-refractivity contribution is -0.131. The van der Waals surface area contributed by atoms with Gasteiger partial charge in [0.2, 0.25) is 5.91 Å². The molecule has 0 spiro atoms. The van der Waals surface area contributed by atoms with Gasteiger partial charge in [-0.3, -0.25) is 14.9 Å². The molecule has 3 aromatic heterocycles. The van der Waals surface area contributed by atoms with Crippen LogP contribution in [0.4, 0.5) is 0 Å². The highest BCUT2D eigenvalue weighted by Gasteiger charge is 2.32. The third kappa shape index (κ3) is 3.42. The standard InChI is InChI=1S/C22H21N5OS/c1-14-6-7-19-17(10-14)16(13-29-19)11-20(28)27-9-3-5-18(27)22-24-21(25-26-22)15-4-2-8-23-12-15/h2,4,6-8,10,12-13,18H,3,5,9,11H2,1H3,(H,24,25,26). The van der Waals surface area contributed by atoms with Crippen LogP contribution in [0.5, 0.6) is 0 Å². The first-order valence-corrected chi connectivity index (χ1v) is 10.7. The van der Waals surface area contributed by atoms with Crippen molar-refractivity contribution in [1.82, 2.24) is 25.1 Å². The molecular weight excluding hydrogens is 382 g/mol. The van der Waals surface area contributed by atoms with Crippen molar-refractivity contribution in [2.75, 3.05) is 6.54 Å². The molecule has 0 saturated carbocycles. The van der Waals surface area contributed by atoms with Crippen molar-refractivity contribution < 1.29 is 4.79 Å². The van der Waals surface area contributed by atoms with Gasteiger partial charge in [-0.2, -0.15) is 5.10 Å². The van der Waals surface area contributed by atoms with E-state index in [2.05, 4.69) is 50.7 Å². The van der Waals surface area contributed by atoms with Crippen LogP contribution in [-0.2, 0) is 11.2 Å². The van der Waals surface area contributed by atoms with E-state index >= 15 is 0 Å². The van der Waals surface area contributed by atoms with E-state index in [0.717, 1.165) is 36.3 Å². The molecule has 1 aromatic carbocycles. The SMILES string of the molecule is Cc1ccc2scc(CC(=O)N3CCCC3c3nc(-c4cccnc4)n[nH]3)c2c1. The third-order valence-corrected chi connectivity index (χ3v) is 6.47. The van der Waals surface area contributed by atoms with Gasteiger partial charge in [0.05, 0.1) is 12.5 Å². The summed E-state index contributed by atoms with van der Waals surface area (Å²) in [6.07, 6.45) is 5.77. The predicted molar refractivity (Wildman–Crippen MR) is 114 cm³/mol. The Bertz CT molecular complexity index is 1170. The Balaban J connectivity index is 1.37. The normalized spacial score (nSPS) is 16.6. The number of hydrogen-bond donors (Lipinski definition) is 1. The molecule has 1 N–H and O–H groups in total. The fourth-order valence-corrected chi connectivity index (χ4v) is 4.94. The van der Waals surface area contributed by atoms with Crippen LogP contribution in [0, 0.1) is 6.92 Å². The summed E-state index contributed by atoms with van der Waals surface area (Å²) in [6.45, 7) is 2.84. The van der Waals surface area contributed by atoms with E-state index in [9.17, 15) is 4.79 Å². The van der Waals surface area contributed by atoms with E-state index in [1.165, 1.54) is 15.6 Å². The van der Waals surface area contributed by atoms with Gasteiger partial charge in [0.1, 0.15) is 5.82 Å². The van der Waals surface area contributed by atoms with Crippen molar-refractivity contribution in [3.05, 3.63) is 65.1 Å². The van der Waals surface area contributed by atoms with Crippen LogP contribution in [0.25, 0.3) is 21.5 Å². The summed E-state index contributed by atoms with van der Waals surface area (Å²) in [7, 11) is 0. The molecule has 7 heteroatoms. The van der Waals surface area contributed by atoms with Gasteiger partial charge in [0, 0.05) is 29.2 Å².